The first-order valence-electron chi connectivity index (χ1n) is 7.92. The fourth-order valence-corrected chi connectivity index (χ4v) is 3.89. The number of benzene rings is 2. The molecule has 0 saturated heterocycles. The molecule has 26 heavy (non-hydrogen) atoms. The lowest BCUT2D eigenvalue weighted by molar-refractivity contribution is -0.116. The van der Waals surface area contributed by atoms with Crippen LogP contribution in [0.4, 0.5) is 10.8 Å². The maximum atomic E-state index is 12.2. The summed E-state index contributed by atoms with van der Waals surface area (Å²) in [5, 5.41) is 6.87. The molecule has 0 saturated carbocycles. The third-order valence-electron chi connectivity index (χ3n) is 3.42. The highest BCUT2D eigenvalue weighted by Gasteiger charge is 2.09. The van der Waals surface area contributed by atoms with Gasteiger partial charge in [0.2, 0.25) is 11.8 Å². The average Bonchev–Trinajstić information content (AvgIpc) is 3.02. The van der Waals surface area contributed by atoms with Crippen LogP contribution in [0.3, 0.4) is 0 Å². The number of anilines is 2. The molecule has 3 aromatic rings. The summed E-state index contributed by atoms with van der Waals surface area (Å²) in [6.07, 6.45) is 0.405. The van der Waals surface area contributed by atoms with Crippen LogP contribution >= 0.6 is 34.7 Å². The molecular weight excluding hydrogens is 390 g/mol. The number of amides is 2. The van der Waals surface area contributed by atoms with Crippen LogP contribution in [0.1, 0.15) is 13.3 Å². The van der Waals surface area contributed by atoms with Gasteiger partial charge in [0, 0.05) is 22.0 Å². The molecule has 2 N–H and O–H groups in total. The van der Waals surface area contributed by atoms with Crippen LogP contribution in [-0.4, -0.2) is 22.6 Å². The van der Waals surface area contributed by atoms with Gasteiger partial charge in [-0.3, -0.25) is 9.59 Å². The number of nitrogens with one attached hydrogen (secondary N) is 2. The summed E-state index contributed by atoms with van der Waals surface area (Å²) < 4.78 is 0.902. The normalized spacial score (nSPS) is 10.7. The van der Waals surface area contributed by atoms with E-state index in [1.807, 2.05) is 24.3 Å². The molecule has 2 aromatic carbocycles. The van der Waals surface area contributed by atoms with Crippen LogP contribution in [0.2, 0.25) is 5.02 Å². The van der Waals surface area contributed by atoms with E-state index in [2.05, 4.69) is 15.6 Å². The third kappa shape index (κ3) is 4.97. The van der Waals surface area contributed by atoms with Gasteiger partial charge in [-0.15, -0.1) is 11.8 Å². The van der Waals surface area contributed by atoms with Crippen LogP contribution in [0.5, 0.6) is 0 Å². The number of thioether (sulfide) groups is 1. The molecule has 2 amide bonds. The van der Waals surface area contributed by atoms with Crippen molar-refractivity contribution in [3.63, 3.8) is 0 Å². The topological polar surface area (TPSA) is 71.1 Å². The summed E-state index contributed by atoms with van der Waals surface area (Å²) in [5.74, 6) is 0.144. The monoisotopic (exact) mass is 405 g/mol. The van der Waals surface area contributed by atoms with Gasteiger partial charge in [-0.25, -0.2) is 4.98 Å². The van der Waals surface area contributed by atoms with E-state index in [1.165, 1.54) is 23.1 Å². The van der Waals surface area contributed by atoms with Crippen LogP contribution in [-0.2, 0) is 9.59 Å². The first-order chi connectivity index (χ1) is 12.5. The van der Waals surface area contributed by atoms with Gasteiger partial charge in [0.25, 0.3) is 0 Å². The number of hydrogen-bond donors (Lipinski definition) is 2. The molecule has 0 aliphatic rings. The largest absolute Gasteiger partial charge is 0.325 e. The summed E-state index contributed by atoms with van der Waals surface area (Å²) >= 11 is 8.68. The van der Waals surface area contributed by atoms with E-state index < -0.39 is 0 Å². The number of carbonyl (C=O) groups excluding carboxylic acids is 2. The number of aromatic nitrogens is 1. The lowest BCUT2D eigenvalue weighted by atomic mass is 10.3. The molecule has 0 atom stereocenters. The van der Waals surface area contributed by atoms with Gasteiger partial charge in [-0.05, 0) is 42.5 Å². The van der Waals surface area contributed by atoms with Crippen molar-refractivity contribution in [3.8, 4) is 0 Å². The van der Waals surface area contributed by atoms with E-state index in [4.69, 9.17) is 11.6 Å². The zero-order valence-corrected chi connectivity index (χ0v) is 16.3. The Kier molecular flexibility index (Phi) is 6.13. The first kappa shape index (κ1) is 18.7. The Balaban J connectivity index is 1.61. The minimum absolute atomic E-state index is 0.0724. The smallest absolute Gasteiger partial charge is 0.234 e. The molecule has 0 fully saturated rings. The number of rotatable bonds is 6. The Bertz CT molecular complexity index is 941. The van der Waals surface area contributed by atoms with Crippen LogP contribution in [0.25, 0.3) is 10.2 Å². The Labute approximate surface area is 164 Å². The predicted octanol–water partition coefficient (Wildman–Crippen LogP) is 5.03. The summed E-state index contributed by atoms with van der Waals surface area (Å²) in [6.45, 7) is 1.79. The van der Waals surface area contributed by atoms with Crippen LogP contribution < -0.4 is 10.6 Å². The van der Waals surface area contributed by atoms with Crippen molar-refractivity contribution in [2.24, 2.45) is 0 Å². The third-order valence-corrected chi connectivity index (χ3v) is 5.62. The molecule has 134 valence electrons. The van der Waals surface area contributed by atoms with Crippen LogP contribution in [0, 0.1) is 0 Å². The molecule has 3 rings (SSSR count). The van der Waals surface area contributed by atoms with E-state index in [0.29, 0.717) is 28.0 Å². The number of thiazole rings is 1. The number of hydrogen-bond acceptors (Lipinski definition) is 5. The van der Waals surface area contributed by atoms with Gasteiger partial charge in [-0.1, -0.05) is 29.9 Å². The highest BCUT2D eigenvalue weighted by Crippen LogP contribution is 2.28. The van der Waals surface area contributed by atoms with Gasteiger partial charge in [0.1, 0.15) is 0 Å². The van der Waals surface area contributed by atoms with Gasteiger partial charge in [-0.2, -0.15) is 0 Å². The molecular formula is C18H16ClN3O2S2. The van der Waals surface area contributed by atoms with Gasteiger partial charge in [0.05, 0.1) is 16.0 Å². The molecule has 0 spiro atoms. The second kappa shape index (κ2) is 8.53. The Morgan fingerprint density at radius 3 is 2.62 bits per heavy atom. The zero-order valence-electron chi connectivity index (χ0n) is 13.9. The number of carbonyl (C=O) groups is 2. The highest BCUT2D eigenvalue weighted by atomic mass is 35.5. The average molecular weight is 406 g/mol. The van der Waals surface area contributed by atoms with Gasteiger partial charge < -0.3 is 10.6 Å². The van der Waals surface area contributed by atoms with Crippen LogP contribution in [0.15, 0.2) is 47.4 Å². The second-order valence-corrected chi connectivity index (χ2v) is 7.91. The number of nitrogens with zero attached hydrogens (tertiary/aromatic N) is 1. The van der Waals surface area contributed by atoms with E-state index in [-0.39, 0.29) is 11.8 Å². The lowest BCUT2D eigenvalue weighted by Gasteiger charge is -2.05. The molecule has 5 nitrogen and oxygen atoms in total. The fourth-order valence-electron chi connectivity index (χ4n) is 2.14. The van der Waals surface area contributed by atoms with Crippen molar-refractivity contribution in [1.82, 2.24) is 4.98 Å². The fraction of sp³-hybridized carbons (Fsp3) is 0.167. The van der Waals surface area contributed by atoms with Crippen molar-refractivity contribution >= 4 is 67.5 Å². The Hall–Kier alpha value is -2.09. The summed E-state index contributed by atoms with van der Waals surface area (Å²) in [6, 6.07) is 12.9. The van der Waals surface area contributed by atoms with Crippen molar-refractivity contribution < 1.29 is 9.59 Å². The molecule has 0 radical (unpaired) electrons. The molecule has 0 aliphatic carbocycles. The molecule has 0 unspecified atom stereocenters. The highest BCUT2D eigenvalue weighted by molar-refractivity contribution is 8.00. The summed E-state index contributed by atoms with van der Waals surface area (Å²) in [7, 11) is 0. The Morgan fingerprint density at radius 1 is 1.12 bits per heavy atom. The zero-order chi connectivity index (χ0) is 18.5. The van der Waals surface area contributed by atoms with E-state index in [9.17, 15) is 9.59 Å². The lowest BCUT2D eigenvalue weighted by Crippen LogP contribution is -2.13. The van der Waals surface area contributed by atoms with Crippen molar-refractivity contribution in [3.05, 3.63) is 47.5 Å². The predicted molar refractivity (Wildman–Crippen MR) is 109 cm³/mol. The number of halogens is 1. The Morgan fingerprint density at radius 2 is 1.88 bits per heavy atom. The summed E-state index contributed by atoms with van der Waals surface area (Å²) in [4.78, 5) is 29.0. The molecule has 0 bridgehead atoms. The minimum atomic E-state index is -0.0895. The standard InChI is InChI=1S/C18H16ClN3O2S2/c1-2-16(23)22-18-21-14-8-5-12(9-15(14)26-18)20-17(24)10-25-13-6-3-11(19)4-7-13/h3-9H,2,10H2,1H3,(H,20,24)(H,21,22,23). The van der Waals surface area contributed by atoms with Gasteiger partial charge >= 0.3 is 0 Å². The van der Waals surface area contributed by atoms with E-state index in [1.54, 1.807) is 25.1 Å². The van der Waals surface area contributed by atoms with Crippen molar-refractivity contribution in [2.75, 3.05) is 16.4 Å². The molecule has 1 heterocycles. The van der Waals surface area contributed by atoms with Gasteiger partial charge in [0.15, 0.2) is 5.13 Å². The quantitative estimate of drug-likeness (QED) is 0.564. The second-order valence-electron chi connectivity index (χ2n) is 5.39. The van der Waals surface area contributed by atoms with Crippen molar-refractivity contribution in [1.29, 1.82) is 0 Å². The molecule has 1 aromatic heterocycles. The SMILES string of the molecule is CCC(=O)Nc1nc2ccc(NC(=O)CSc3ccc(Cl)cc3)cc2s1. The first-order valence-corrected chi connectivity index (χ1v) is 10.1. The summed E-state index contributed by atoms with van der Waals surface area (Å²) in [5.41, 5.74) is 1.49. The molecule has 8 heteroatoms. The van der Waals surface area contributed by atoms with E-state index >= 15 is 0 Å². The minimum Gasteiger partial charge on any atom is -0.325 e. The molecule has 0 aliphatic heterocycles. The maximum absolute atomic E-state index is 12.2. The maximum Gasteiger partial charge on any atom is 0.234 e. The number of fused-ring (bicyclic) bond motifs is 1. The van der Waals surface area contributed by atoms with Crippen molar-refractivity contribution in [2.45, 2.75) is 18.2 Å². The van der Waals surface area contributed by atoms with E-state index in [0.717, 1.165) is 15.1 Å².